The number of rotatable bonds is 7. The summed E-state index contributed by atoms with van der Waals surface area (Å²) < 4.78 is 10.6. The molecule has 1 saturated carbocycles. The van der Waals surface area contributed by atoms with Gasteiger partial charge in [0.05, 0.1) is 12.2 Å². The average Bonchev–Trinajstić information content (AvgIpc) is 2.97. The van der Waals surface area contributed by atoms with Gasteiger partial charge in [-0.15, -0.1) is 0 Å². The van der Waals surface area contributed by atoms with Crippen LogP contribution in [0, 0.1) is 5.41 Å². The molecule has 0 saturated heterocycles. The number of ketones is 1. The molecule has 0 aliphatic heterocycles. The van der Waals surface area contributed by atoms with E-state index in [0.29, 0.717) is 31.1 Å². The maximum absolute atomic E-state index is 12.9. The lowest BCUT2D eigenvalue weighted by atomic mass is 9.78. The van der Waals surface area contributed by atoms with E-state index >= 15 is 0 Å². The number of hydrogen-bond acceptors (Lipinski definition) is 4. The Hall–Kier alpha value is -1.39. The highest BCUT2D eigenvalue weighted by Crippen LogP contribution is 2.41. The Bertz CT molecular complexity index is 453. The van der Waals surface area contributed by atoms with E-state index < -0.39 is 0 Å². The first-order valence-corrected chi connectivity index (χ1v) is 7.19. The number of methoxy groups -OCH3 is 1. The summed E-state index contributed by atoms with van der Waals surface area (Å²) in [4.78, 5) is 12.9. The third-order valence-corrected chi connectivity index (χ3v) is 4.11. The van der Waals surface area contributed by atoms with Crippen molar-refractivity contribution in [3.63, 3.8) is 0 Å². The number of carbonyl (C=O) groups excluding carboxylic acids is 1. The Balaban J connectivity index is 2.20. The molecule has 0 radical (unpaired) electrons. The van der Waals surface area contributed by atoms with Gasteiger partial charge in [0.25, 0.3) is 0 Å². The minimum absolute atomic E-state index is 0.130. The highest BCUT2D eigenvalue weighted by molar-refractivity contribution is 6.03. The monoisotopic (exact) mass is 277 g/mol. The second kappa shape index (κ2) is 6.86. The van der Waals surface area contributed by atoms with Crippen LogP contribution in [-0.2, 0) is 4.74 Å². The van der Waals surface area contributed by atoms with Crippen LogP contribution in [0.2, 0.25) is 0 Å². The Morgan fingerprint density at radius 1 is 1.25 bits per heavy atom. The molecule has 4 heteroatoms. The van der Waals surface area contributed by atoms with Crippen molar-refractivity contribution in [2.24, 2.45) is 11.1 Å². The molecule has 1 fully saturated rings. The molecule has 4 nitrogen and oxygen atoms in total. The fourth-order valence-electron chi connectivity index (χ4n) is 2.88. The van der Waals surface area contributed by atoms with Gasteiger partial charge in [-0.3, -0.25) is 4.79 Å². The van der Waals surface area contributed by atoms with E-state index in [1.807, 2.05) is 24.3 Å². The zero-order valence-corrected chi connectivity index (χ0v) is 12.1. The summed E-state index contributed by atoms with van der Waals surface area (Å²) in [7, 11) is 1.63. The Kier molecular flexibility index (Phi) is 5.15. The minimum atomic E-state index is -0.388. The molecule has 1 aromatic rings. The first-order chi connectivity index (χ1) is 9.73. The molecular formula is C16H23NO3. The first kappa shape index (κ1) is 15.0. The van der Waals surface area contributed by atoms with Crippen molar-refractivity contribution in [3.05, 3.63) is 29.8 Å². The molecule has 0 unspecified atom stereocenters. The molecule has 2 N–H and O–H groups in total. The second-order valence-electron chi connectivity index (χ2n) is 5.36. The molecule has 1 aromatic carbocycles. The van der Waals surface area contributed by atoms with Crippen molar-refractivity contribution >= 4 is 5.78 Å². The highest BCUT2D eigenvalue weighted by atomic mass is 16.5. The van der Waals surface area contributed by atoms with Crippen LogP contribution in [0.15, 0.2) is 24.3 Å². The lowest BCUT2D eigenvalue weighted by Gasteiger charge is -2.26. The first-order valence-electron chi connectivity index (χ1n) is 7.19. The summed E-state index contributed by atoms with van der Waals surface area (Å²) in [6, 6.07) is 7.42. The molecule has 0 aromatic heterocycles. The lowest BCUT2D eigenvalue weighted by molar-refractivity contribution is 0.0802. The standard InChI is InChI=1S/C16H23NO3/c1-19-10-11-20-14-7-3-2-6-13(14)15(18)16(12-17)8-4-5-9-16/h2-3,6-7H,4-5,8-12,17H2,1H3. The van der Waals surface area contributed by atoms with Gasteiger partial charge in [-0.1, -0.05) is 25.0 Å². The second-order valence-corrected chi connectivity index (χ2v) is 5.36. The summed E-state index contributed by atoms with van der Waals surface area (Å²) in [5, 5.41) is 0. The number of Topliss-reactive ketones (excluding diaryl/α,β-unsaturated/α-hetero) is 1. The van der Waals surface area contributed by atoms with E-state index in [9.17, 15) is 4.79 Å². The van der Waals surface area contributed by atoms with E-state index in [1.54, 1.807) is 7.11 Å². The Morgan fingerprint density at radius 3 is 2.60 bits per heavy atom. The molecule has 0 heterocycles. The average molecular weight is 277 g/mol. The molecule has 0 atom stereocenters. The molecule has 0 amide bonds. The normalized spacial score (nSPS) is 17.1. The highest BCUT2D eigenvalue weighted by Gasteiger charge is 2.41. The van der Waals surface area contributed by atoms with Crippen LogP contribution in [0.1, 0.15) is 36.0 Å². The van der Waals surface area contributed by atoms with Crippen LogP contribution < -0.4 is 10.5 Å². The molecule has 20 heavy (non-hydrogen) atoms. The van der Waals surface area contributed by atoms with Gasteiger partial charge in [-0.25, -0.2) is 0 Å². The van der Waals surface area contributed by atoms with E-state index in [0.717, 1.165) is 25.7 Å². The van der Waals surface area contributed by atoms with Crippen LogP contribution >= 0.6 is 0 Å². The van der Waals surface area contributed by atoms with Gasteiger partial charge in [0, 0.05) is 19.1 Å². The SMILES string of the molecule is COCCOc1ccccc1C(=O)C1(CN)CCCC1. The van der Waals surface area contributed by atoms with Gasteiger partial charge < -0.3 is 15.2 Å². The maximum atomic E-state index is 12.9. The smallest absolute Gasteiger partial charge is 0.173 e. The Labute approximate surface area is 120 Å². The van der Waals surface area contributed by atoms with E-state index in [-0.39, 0.29) is 11.2 Å². The third-order valence-electron chi connectivity index (χ3n) is 4.11. The fourth-order valence-corrected chi connectivity index (χ4v) is 2.88. The molecule has 0 bridgehead atoms. The van der Waals surface area contributed by atoms with Gasteiger partial charge in [-0.2, -0.15) is 0 Å². The van der Waals surface area contributed by atoms with Crippen LogP contribution in [0.4, 0.5) is 0 Å². The van der Waals surface area contributed by atoms with Crippen molar-refractivity contribution in [1.29, 1.82) is 0 Å². The lowest BCUT2D eigenvalue weighted by Crippen LogP contribution is -2.36. The molecule has 1 aliphatic carbocycles. The summed E-state index contributed by atoms with van der Waals surface area (Å²) in [6.45, 7) is 1.36. The molecule has 0 spiro atoms. The summed E-state index contributed by atoms with van der Waals surface area (Å²) in [5.74, 6) is 0.764. The Morgan fingerprint density at radius 2 is 1.95 bits per heavy atom. The predicted molar refractivity (Wildman–Crippen MR) is 78.1 cm³/mol. The summed E-state index contributed by atoms with van der Waals surface area (Å²) in [5.41, 5.74) is 6.16. The number of benzene rings is 1. The van der Waals surface area contributed by atoms with Crippen molar-refractivity contribution in [3.8, 4) is 5.75 Å². The van der Waals surface area contributed by atoms with E-state index in [1.165, 1.54) is 0 Å². The van der Waals surface area contributed by atoms with Crippen LogP contribution in [-0.4, -0.2) is 32.7 Å². The fraction of sp³-hybridized carbons (Fsp3) is 0.562. The molecular weight excluding hydrogens is 254 g/mol. The third kappa shape index (κ3) is 3.02. The number of ether oxygens (including phenoxy) is 2. The van der Waals surface area contributed by atoms with Gasteiger partial charge >= 0.3 is 0 Å². The van der Waals surface area contributed by atoms with Crippen LogP contribution in [0.25, 0.3) is 0 Å². The van der Waals surface area contributed by atoms with Crippen molar-refractivity contribution in [2.45, 2.75) is 25.7 Å². The van der Waals surface area contributed by atoms with Crippen molar-refractivity contribution in [2.75, 3.05) is 26.9 Å². The summed E-state index contributed by atoms with van der Waals surface area (Å²) in [6.07, 6.45) is 3.93. The number of hydrogen-bond donors (Lipinski definition) is 1. The zero-order chi connectivity index (χ0) is 14.4. The van der Waals surface area contributed by atoms with Gasteiger partial charge in [0.1, 0.15) is 12.4 Å². The van der Waals surface area contributed by atoms with Crippen molar-refractivity contribution < 1.29 is 14.3 Å². The molecule has 110 valence electrons. The van der Waals surface area contributed by atoms with Gasteiger partial charge in [0.2, 0.25) is 0 Å². The van der Waals surface area contributed by atoms with Crippen LogP contribution in [0.3, 0.4) is 0 Å². The number of para-hydroxylation sites is 1. The largest absolute Gasteiger partial charge is 0.490 e. The van der Waals surface area contributed by atoms with Crippen molar-refractivity contribution in [1.82, 2.24) is 0 Å². The number of carbonyl (C=O) groups is 1. The maximum Gasteiger partial charge on any atom is 0.173 e. The van der Waals surface area contributed by atoms with E-state index in [2.05, 4.69) is 0 Å². The zero-order valence-electron chi connectivity index (χ0n) is 12.1. The molecule has 2 rings (SSSR count). The molecule has 1 aliphatic rings. The predicted octanol–water partition coefficient (Wildman–Crippen LogP) is 2.41. The van der Waals surface area contributed by atoms with Gasteiger partial charge in [-0.05, 0) is 25.0 Å². The number of nitrogens with two attached hydrogens (primary N) is 1. The van der Waals surface area contributed by atoms with Crippen LogP contribution in [0.5, 0.6) is 5.75 Å². The topological polar surface area (TPSA) is 61.5 Å². The van der Waals surface area contributed by atoms with E-state index in [4.69, 9.17) is 15.2 Å². The summed E-state index contributed by atoms with van der Waals surface area (Å²) >= 11 is 0. The minimum Gasteiger partial charge on any atom is -0.490 e. The van der Waals surface area contributed by atoms with Gasteiger partial charge in [0.15, 0.2) is 5.78 Å². The quantitative estimate of drug-likeness (QED) is 0.614.